The lowest BCUT2D eigenvalue weighted by Crippen LogP contribution is -2.29. The molecule has 0 aliphatic rings. The fourth-order valence-electron chi connectivity index (χ4n) is 5.68. The van der Waals surface area contributed by atoms with Gasteiger partial charge in [0.15, 0.2) is 6.10 Å². The second kappa shape index (κ2) is 38.2. The minimum Gasteiger partial charge on any atom is -0.462 e. The van der Waals surface area contributed by atoms with Crippen molar-refractivity contribution in [3.63, 3.8) is 0 Å². The van der Waals surface area contributed by atoms with Gasteiger partial charge in [0, 0.05) is 19.4 Å². The molecule has 51 heavy (non-hydrogen) atoms. The molecule has 1 unspecified atom stereocenters. The number of hydrogen-bond donors (Lipinski definition) is 2. The van der Waals surface area contributed by atoms with Gasteiger partial charge in [-0.15, -0.1) is 0 Å². The molecular formula is C41H78NO8P. The number of phosphoric ester groups is 1. The molecule has 0 amide bonds. The van der Waals surface area contributed by atoms with Gasteiger partial charge in [-0.05, 0) is 64.2 Å². The quantitative estimate of drug-likeness (QED) is 0.0273. The molecule has 0 saturated heterocycles. The first kappa shape index (κ1) is 49.5. The number of unbranched alkanes of at least 4 members (excludes halogenated alkanes) is 22. The van der Waals surface area contributed by atoms with Gasteiger partial charge < -0.3 is 20.1 Å². The standard InChI is InChI=1S/C41H78NO8P/c1-3-5-7-9-11-13-15-17-19-21-23-25-27-29-31-33-40(43)47-37-39(38-49-51(45,46)48-36-35-42)50-41(44)34-32-30-28-26-24-22-20-18-16-14-12-10-8-6-4-2/h17-20,39H,3-16,21-38,42H2,1-2H3,(H,45,46)/b19-17-,20-18+/t39-/m1/s1. The van der Waals surface area contributed by atoms with Crippen LogP contribution in [0.2, 0.25) is 0 Å². The van der Waals surface area contributed by atoms with Crippen LogP contribution >= 0.6 is 7.82 Å². The molecular weight excluding hydrogens is 665 g/mol. The number of phosphoric acid groups is 1. The molecule has 0 aromatic carbocycles. The Labute approximate surface area is 312 Å². The largest absolute Gasteiger partial charge is 0.472 e. The number of carbonyl (C=O) groups excluding carboxylic acids is 2. The maximum absolute atomic E-state index is 12.5. The molecule has 0 aliphatic carbocycles. The molecule has 0 aliphatic heterocycles. The monoisotopic (exact) mass is 744 g/mol. The van der Waals surface area contributed by atoms with E-state index < -0.39 is 32.5 Å². The average Bonchev–Trinajstić information content (AvgIpc) is 3.11. The highest BCUT2D eigenvalue weighted by Crippen LogP contribution is 2.43. The van der Waals surface area contributed by atoms with Crippen LogP contribution in [-0.4, -0.2) is 49.3 Å². The zero-order valence-electron chi connectivity index (χ0n) is 32.8. The van der Waals surface area contributed by atoms with Crippen LogP contribution in [0.25, 0.3) is 0 Å². The molecule has 0 spiro atoms. The molecule has 300 valence electrons. The lowest BCUT2D eigenvalue weighted by Gasteiger charge is -2.19. The van der Waals surface area contributed by atoms with Crippen LogP contribution in [0.5, 0.6) is 0 Å². The van der Waals surface area contributed by atoms with Crippen molar-refractivity contribution in [3.05, 3.63) is 24.3 Å². The smallest absolute Gasteiger partial charge is 0.462 e. The lowest BCUT2D eigenvalue weighted by molar-refractivity contribution is -0.161. The van der Waals surface area contributed by atoms with Gasteiger partial charge in [0.05, 0.1) is 13.2 Å². The van der Waals surface area contributed by atoms with Gasteiger partial charge in [0.2, 0.25) is 0 Å². The van der Waals surface area contributed by atoms with Gasteiger partial charge in [-0.2, -0.15) is 0 Å². The van der Waals surface area contributed by atoms with Crippen LogP contribution in [0.4, 0.5) is 0 Å². The Bertz CT molecular complexity index is 897. The highest BCUT2D eigenvalue weighted by Gasteiger charge is 2.26. The number of nitrogens with two attached hydrogens (primary N) is 1. The van der Waals surface area contributed by atoms with E-state index in [1.165, 1.54) is 89.9 Å². The zero-order valence-corrected chi connectivity index (χ0v) is 33.7. The minimum absolute atomic E-state index is 0.0518. The van der Waals surface area contributed by atoms with E-state index in [1.54, 1.807) is 0 Å². The number of rotatable bonds is 39. The normalized spacial score (nSPS) is 13.6. The summed E-state index contributed by atoms with van der Waals surface area (Å²) in [4.78, 5) is 34.8. The van der Waals surface area contributed by atoms with Gasteiger partial charge in [-0.1, -0.05) is 141 Å². The van der Waals surface area contributed by atoms with Crippen LogP contribution in [0.15, 0.2) is 24.3 Å². The van der Waals surface area contributed by atoms with Crippen LogP contribution in [0.1, 0.15) is 194 Å². The van der Waals surface area contributed by atoms with E-state index in [0.29, 0.717) is 6.42 Å². The van der Waals surface area contributed by atoms with E-state index in [1.807, 2.05) is 0 Å². The predicted molar refractivity (Wildman–Crippen MR) is 211 cm³/mol. The summed E-state index contributed by atoms with van der Waals surface area (Å²) in [5.41, 5.74) is 5.34. The van der Waals surface area contributed by atoms with Crippen molar-refractivity contribution in [2.24, 2.45) is 5.73 Å². The Morgan fingerprint density at radius 2 is 0.961 bits per heavy atom. The third kappa shape index (κ3) is 38.0. The number of esters is 2. The molecule has 0 heterocycles. The van der Waals surface area contributed by atoms with Crippen molar-refractivity contribution in [2.45, 2.75) is 200 Å². The van der Waals surface area contributed by atoms with E-state index in [0.717, 1.165) is 70.6 Å². The highest BCUT2D eigenvalue weighted by molar-refractivity contribution is 7.47. The van der Waals surface area contributed by atoms with E-state index in [4.69, 9.17) is 24.3 Å². The topological polar surface area (TPSA) is 134 Å². The highest BCUT2D eigenvalue weighted by atomic mass is 31.2. The van der Waals surface area contributed by atoms with Crippen LogP contribution in [0, 0.1) is 0 Å². The summed E-state index contributed by atoms with van der Waals surface area (Å²) in [6.45, 7) is 3.71. The summed E-state index contributed by atoms with van der Waals surface area (Å²) in [5, 5.41) is 0. The third-order valence-corrected chi connectivity index (χ3v) is 9.79. The molecule has 3 N–H and O–H groups in total. The maximum atomic E-state index is 12.5. The Morgan fingerprint density at radius 1 is 0.569 bits per heavy atom. The van der Waals surface area contributed by atoms with E-state index in [9.17, 15) is 19.0 Å². The first-order valence-electron chi connectivity index (χ1n) is 20.8. The minimum atomic E-state index is -4.37. The molecule has 0 radical (unpaired) electrons. The average molecular weight is 744 g/mol. The fourth-order valence-corrected chi connectivity index (χ4v) is 6.45. The summed E-state index contributed by atoms with van der Waals surface area (Å²) in [6, 6.07) is 0. The lowest BCUT2D eigenvalue weighted by atomic mass is 10.1. The van der Waals surface area contributed by atoms with E-state index >= 15 is 0 Å². The first-order valence-corrected chi connectivity index (χ1v) is 22.3. The van der Waals surface area contributed by atoms with Crippen molar-refractivity contribution >= 4 is 19.8 Å². The zero-order chi connectivity index (χ0) is 37.5. The van der Waals surface area contributed by atoms with Crippen molar-refractivity contribution in [1.29, 1.82) is 0 Å². The molecule has 0 bridgehead atoms. The number of hydrogen-bond acceptors (Lipinski definition) is 8. The number of ether oxygens (including phenoxy) is 2. The predicted octanol–water partition coefficient (Wildman–Crippen LogP) is 11.6. The van der Waals surface area contributed by atoms with Gasteiger partial charge in [0.1, 0.15) is 6.61 Å². The van der Waals surface area contributed by atoms with Crippen LogP contribution < -0.4 is 5.73 Å². The summed E-state index contributed by atoms with van der Waals surface area (Å²) >= 11 is 0. The van der Waals surface area contributed by atoms with Crippen LogP contribution in [-0.2, 0) is 32.7 Å². The Balaban J connectivity index is 4.20. The fraction of sp³-hybridized carbons (Fsp3) is 0.854. The second-order valence-electron chi connectivity index (χ2n) is 13.8. The Morgan fingerprint density at radius 3 is 1.39 bits per heavy atom. The summed E-state index contributed by atoms with van der Waals surface area (Å²) in [7, 11) is -4.37. The van der Waals surface area contributed by atoms with Crippen molar-refractivity contribution in [1.82, 2.24) is 0 Å². The molecule has 0 rings (SSSR count). The summed E-state index contributed by atoms with van der Waals surface area (Å²) in [5.74, 6) is -0.845. The summed E-state index contributed by atoms with van der Waals surface area (Å²) < 4.78 is 32.7. The van der Waals surface area contributed by atoms with E-state index in [-0.39, 0.29) is 32.6 Å². The third-order valence-electron chi connectivity index (χ3n) is 8.81. The summed E-state index contributed by atoms with van der Waals surface area (Å²) in [6.07, 6.45) is 39.2. The van der Waals surface area contributed by atoms with Gasteiger partial charge in [-0.3, -0.25) is 18.6 Å². The van der Waals surface area contributed by atoms with Crippen molar-refractivity contribution < 1.29 is 37.6 Å². The molecule has 0 aromatic rings. The molecule has 0 fully saturated rings. The number of carbonyl (C=O) groups is 2. The van der Waals surface area contributed by atoms with E-state index in [2.05, 4.69) is 38.2 Å². The van der Waals surface area contributed by atoms with Crippen molar-refractivity contribution in [3.8, 4) is 0 Å². The molecule has 9 nitrogen and oxygen atoms in total. The Kier molecular flexibility index (Phi) is 37.1. The molecule has 0 aromatic heterocycles. The van der Waals surface area contributed by atoms with Crippen LogP contribution in [0.3, 0.4) is 0 Å². The molecule has 10 heteroatoms. The van der Waals surface area contributed by atoms with Crippen molar-refractivity contribution in [2.75, 3.05) is 26.4 Å². The SMILES string of the molecule is CCCCCCCC/C=C\CCCCCCCC(=O)OC[C@H](COP(=O)(O)OCCN)OC(=O)CCCCCCC/C=C/CCCCCCCC. The molecule has 0 saturated carbocycles. The number of allylic oxidation sites excluding steroid dienone is 4. The van der Waals surface area contributed by atoms with Gasteiger partial charge >= 0.3 is 19.8 Å². The van der Waals surface area contributed by atoms with Gasteiger partial charge in [0.25, 0.3) is 0 Å². The molecule has 2 atom stereocenters. The maximum Gasteiger partial charge on any atom is 0.472 e. The van der Waals surface area contributed by atoms with Gasteiger partial charge in [-0.25, -0.2) is 4.57 Å². The Hall–Kier alpha value is -1.51. The second-order valence-corrected chi connectivity index (χ2v) is 15.3. The first-order chi connectivity index (χ1) is 24.8.